The fourth-order valence-corrected chi connectivity index (χ4v) is 2.11. The molecule has 0 radical (unpaired) electrons. The van der Waals surface area contributed by atoms with E-state index >= 15 is 0 Å². The van der Waals surface area contributed by atoms with Crippen LogP contribution < -0.4 is 4.74 Å². The first-order chi connectivity index (χ1) is 8.70. The molecule has 1 heteroatoms. The topological polar surface area (TPSA) is 9.23 Å². The number of rotatable bonds is 4. The Kier molecular flexibility index (Phi) is 4.03. The monoisotopic (exact) mass is 240 g/mol. The zero-order valence-electron chi connectivity index (χ0n) is 11.4. The molecule has 0 aliphatic heterocycles. The van der Waals surface area contributed by atoms with Crippen LogP contribution in [0.15, 0.2) is 42.5 Å². The molecule has 2 aromatic rings. The summed E-state index contributed by atoms with van der Waals surface area (Å²) in [4.78, 5) is 0. The van der Waals surface area contributed by atoms with Crippen LogP contribution in [0.1, 0.15) is 30.0 Å². The molecule has 0 heterocycles. The third kappa shape index (κ3) is 2.92. The Labute approximate surface area is 109 Å². The Bertz CT molecular complexity index is 529. The predicted octanol–water partition coefficient (Wildman–Crippen LogP) is 5.05. The molecule has 0 aliphatic carbocycles. The Morgan fingerprint density at radius 2 is 1.72 bits per heavy atom. The molecule has 0 amide bonds. The van der Waals surface area contributed by atoms with Crippen molar-refractivity contribution in [3.05, 3.63) is 59.2 Å². The predicted molar refractivity (Wildman–Crippen MR) is 76.4 cm³/mol. The van der Waals surface area contributed by atoms with Crippen molar-refractivity contribution in [3.63, 3.8) is 0 Å². The molecule has 1 nitrogen and oxygen atoms in total. The third-order valence-electron chi connectivity index (χ3n) is 3.04. The molecular weight excluding hydrogens is 220 g/mol. The van der Waals surface area contributed by atoms with Crippen LogP contribution in [0.2, 0.25) is 0 Å². The molecular formula is C17H20O. The molecule has 0 saturated heterocycles. The summed E-state index contributed by atoms with van der Waals surface area (Å²) in [6, 6.07) is 14.6. The number of hydrogen-bond donors (Lipinski definition) is 0. The van der Waals surface area contributed by atoms with Crippen molar-refractivity contribution in [2.75, 3.05) is 0 Å². The van der Waals surface area contributed by atoms with Gasteiger partial charge in [-0.15, -0.1) is 0 Å². The summed E-state index contributed by atoms with van der Waals surface area (Å²) in [7, 11) is 0. The number of aryl methyl sites for hydroxylation is 3. The molecule has 0 spiro atoms. The van der Waals surface area contributed by atoms with Gasteiger partial charge in [0.25, 0.3) is 0 Å². The van der Waals surface area contributed by atoms with Gasteiger partial charge in [-0.05, 0) is 43.5 Å². The number of benzene rings is 2. The van der Waals surface area contributed by atoms with Crippen molar-refractivity contribution in [3.8, 4) is 11.5 Å². The van der Waals surface area contributed by atoms with Crippen LogP contribution in [-0.2, 0) is 6.42 Å². The second kappa shape index (κ2) is 5.72. The van der Waals surface area contributed by atoms with Crippen LogP contribution in [0.25, 0.3) is 0 Å². The fourth-order valence-electron chi connectivity index (χ4n) is 2.11. The van der Waals surface area contributed by atoms with Crippen LogP contribution in [0.5, 0.6) is 11.5 Å². The minimum absolute atomic E-state index is 0.948. The molecule has 94 valence electrons. The Morgan fingerprint density at radius 3 is 2.44 bits per heavy atom. The summed E-state index contributed by atoms with van der Waals surface area (Å²) < 4.78 is 6.05. The first-order valence-corrected chi connectivity index (χ1v) is 6.53. The third-order valence-corrected chi connectivity index (χ3v) is 3.04. The molecule has 0 fully saturated rings. The molecule has 0 unspecified atom stereocenters. The van der Waals surface area contributed by atoms with Gasteiger partial charge in [0.15, 0.2) is 0 Å². The van der Waals surface area contributed by atoms with Gasteiger partial charge in [0.2, 0.25) is 0 Å². The van der Waals surface area contributed by atoms with E-state index in [1.54, 1.807) is 0 Å². The van der Waals surface area contributed by atoms with E-state index in [4.69, 9.17) is 4.74 Å². The average molecular weight is 240 g/mol. The van der Waals surface area contributed by atoms with E-state index < -0.39 is 0 Å². The van der Waals surface area contributed by atoms with Crippen LogP contribution in [-0.4, -0.2) is 0 Å². The maximum atomic E-state index is 6.05. The molecule has 2 aromatic carbocycles. The molecule has 0 N–H and O–H groups in total. The Hall–Kier alpha value is -1.76. The van der Waals surface area contributed by atoms with Crippen molar-refractivity contribution < 1.29 is 4.74 Å². The molecule has 0 aliphatic rings. The molecule has 18 heavy (non-hydrogen) atoms. The zero-order chi connectivity index (χ0) is 13.0. The van der Waals surface area contributed by atoms with Crippen molar-refractivity contribution in [1.82, 2.24) is 0 Å². The van der Waals surface area contributed by atoms with Crippen molar-refractivity contribution >= 4 is 0 Å². The molecule has 2 rings (SSSR count). The van der Waals surface area contributed by atoms with E-state index in [1.807, 2.05) is 18.2 Å². The summed E-state index contributed by atoms with van der Waals surface area (Å²) in [6.45, 7) is 6.38. The van der Waals surface area contributed by atoms with E-state index in [0.29, 0.717) is 0 Å². The van der Waals surface area contributed by atoms with Gasteiger partial charge in [-0.1, -0.05) is 49.2 Å². The molecule has 0 atom stereocenters. The van der Waals surface area contributed by atoms with Gasteiger partial charge in [-0.3, -0.25) is 0 Å². The lowest BCUT2D eigenvalue weighted by atomic mass is 10.1. The second-order valence-corrected chi connectivity index (χ2v) is 4.73. The highest BCUT2D eigenvalue weighted by molar-refractivity contribution is 5.42. The van der Waals surface area contributed by atoms with Crippen molar-refractivity contribution in [1.29, 1.82) is 0 Å². The average Bonchev–Trinajstić information content (AvgIpc) is 2.35. The smallest absolute Gasteiger partial charge is 0.130 e. The fraction of sp³-hybridized carbons (Fsp3) is 0.294. The van der Waals surface area contributed by atoms with E-state index in [-0.39, 0.29) is 0 Å². The molecule has 0 saturated carbocycles. The highest BCUT2D eigenvalue weighted by atomic mass is 16.5. The molecule has 0 bridgehead atoms. The van der Waals surface area contributed by atoms with Crippen LogP contribution >= 0.6 is 0 Å². The second-order valence-electron chi connectivity index (χ2n) is 4.73. The Morgan fingerprint density at radius 1 is 0.944 bits per heavy atom. The number of para-hydroxylation sites is 1. The first kappa shape index (κ1) is 12.7. The summed E-state index contributed by atoms with van der Waals surface area (Å²) in [5.41, 5.74) is 3.72. The van der Waals surface area contributed by atoms with Gasteiger partial charge in [-0.2, -0.15) is 0 Å². The van der Waals surface area contributed by atoms with Gasteiger partial charge in [-0.25, -0.2) is 0 Å². The van der Waals surface area contributed by atoms with Crippen LogP contribution in [0.3, 0.4) is 0 Å². The largest absolute Gasteiger partial charge is 0.457 e. The minimum atomic E-state index is 0.948. The number of hydrogen-bond acceptors (Lipinski definition) is 1. The first-order valence-electron chi connectivity index (χ1n) is 6.53. The van der Waals surface area contributed by atoms with E-state index in [0.717, 1.165) is 24.3 Å². The van der Waals surface area contributed by atoms with Gasteiger partial charge < -0.3 is 4.74 Å². The summed E-state index contributed by atoms with van der Waals surface area (Å²) in [6.07, 6.45) is 2.19. The maximum Gasteiger partial charge on any atom is 0.130 e. The lowest BCUT2D eigenvalue weighted by Gasteiger charge is -2.12. The summed E-state index contributed by atoms with van der Waals surface area (Å²) in [5, 5.41) is 0. The van der Waals surface area contributed by atoms with Crippen LogP contribution in [0.4, 0.5) is 0 Å². The van der Waals surface area contributed by atoms with Crippen LogP contribution in [0, 0.1) is 13.8 Å². The van der Waals surface area contributed by atoms with Gasteiger partial charge >= 0.3 is 0 Å². The SMILES string of the molecule is CCCc1ccccc1Oc1ccc(C)cc1C. The van der Waals surface area contributed by atoms with E-state index in [1.165, 1.54) is 16.7 Å². The highest BCUT2D eigenvalue weighted by Gasteiger charge is 2.05. The number of ether oxygens (including phenoxy) is 1. The Balaban J connectivity index is 2.28. The van der Waals surface area contributed by atoms with Gasteiger partial charge in [0, 0.05) is 0 Å². The zero-order valence-corrected chi connectivity index (χ0v) is 11.4. The van der Waals surface area contributed by atoms with E-state index in [9.17, 15) is 0 Å². The quantitative estimate of drug-likeness (QED) is 0.726. The van der Waals surface area contributed by atoms with Gasteiger partial charge in [0.1, 0.15) is 11.5 Å². The lowest BCUT2D eigenvalue weighted by molar-refractivity contribution is 0.472. The standard InChI is InChI=1S/C17H20O/c1-4-7-15-8-5-6-9-17(15)18-16-11-10-13(2)12-14(16)3/h5-6,8-12H,4,7H2,1-3H3. The lowest BCUT2D eigenvalue weighted by Crippen LogP contribution is -1.93. The van der Waals surface area contributed by atoms with Crippen molar-refractivity contribution in [2.45, 2.75) is 33.6 Å². The highest BCUT2D eigenvalue weighted by Crippen LogP contribution is 2.28. The normalized spacial score (nSPS) is 10.4. The summed E-state index contributed by atoms with van der Waals surface area (Å²) >= 11 is 0. The summed E-state index contributed by atoms with van der Waals surface area (Å²) in [5.74, 6) is 1.93. The maximum absolute atomic E-state index is 6.05. The minimum Gasteiger partial charge on any atom is -0.457 e. The van der Waals surface area contributed by atoms with Gasteiger partial charge in [0.05, 0.1) is 0 Å². The molecule has 0 aromatic heterocycles. The van der Waals surface area contributed by atoms with Crippen molar-refractivity contribution in [2.24, 2.45) is 0 Å². The van der Waals surface area contributed by atoms with E-state index in [2.05, 4.69) is 45.0 Å².